The van der Waals surface area contributed by atoms with Crippen LogP contribution in [0.3, 0.4) is 0 Å². The summed E-state index contributed by atoms with van der Waals surface area (Å²) in [7, 11) is 0. The van der Waals surface area contributed by atoms with Crippen molar-refractivity contribution in [1.29, 1.82) is 5.26 Å². The highest BCUT2D eigenvalue weighted by atomic mass is 32.2. The third-order valence-corrected chi connectivity index (χ3v) is 19.7. The van der Waals surface area contributed by atoms with Gasteiger partial charge in [0.15, 0.2) is 0 Å². The Bertz CT molecular complexity index is 4430. The van der Waals surface area contributed by atoms with Gasteiger partial charge in [-0.2, -0.15) is 17.0 Å². The Morgan fingerprint density at radius 3 is 1.16 bits per heavy atom. The van der Waals surface area contributed by atoms with E-state index in [1.165, 1.54) is 43.2 Å². The molecule has 5 aromatic rings. The standard InChI is InChI=1S/C14H21N3O7.C14H21N3O6S.2C12H18N2O7.C11H13N3O6/c18-6-9-10(19)11(20)12(24-9)8-5-17(14(22)15-13(8)21)7-16-1-3-23-4-2-16;18-6-9-10(19)11(20)14(23-9,7-17-1-3-24-4-2-17)8-5-15-13(22)16-12(8)21;2*1-5(16)2-14-3-6(11(19)13-12(14)20)10-9(18)8(17)7(4-15)21-10;12-1-2-14-3-5(10(18)13-11(14)19)9-8(17)7(16)6(4-15)20-9/h5,9-12,18-20H,1-4,6-7H2,(H,15,21,22);5,9-11,18-20H,1-4,6-7H2,(H2,15,16,21,22);2*3,5,7-10,15-18H,2,4H2,1H3,(H,13,19,20);3,6-9,15-17H,2,4H2,(H,13,18,19)/t9-,10-,11-,12+;9-,10-,11-,14+;5-,7+,8+,9+,10-;5-,7-,8-,9-,10+;6-,7-,8-,9+/m11011/s1. The molecular weight excluding hydrogens is 1500 g/mol. The summed E-state index contributed by atoms with van der Waals surface area (Å²) in [5.41, 5.74) is -8.71. The van der Waals surface area contributed by atoms with E-state index in [4.69, 9.17) is 54.1 Å². The van der Waals surface area contributed by atoms with E-state index in [-0.39, 0.29) is 60.7 Å². The Morgan fingerprint density at radius 1 is 0.473 bits per heavy atom. The normalized spacial score (nSPS) is 31.4. The molecule has 0 unspecified atom stereocenters. The summed E-state index contributed by atoms with van der Waals surface area (Å²) in [5, 5.41) is 172. The molecule has 0 spiro atoms. The molecule has 7 aliphatic rings. The number of nitrogens with one attached hydrogen (secondary N) is 6. The predicted octanol–water partition coefficient (Wildman–Crippen LogP) is -14.2. The number of rotatable bonds is 19. The van der Waals surface area contributed by atoms with Crippen molar-refractivity contribution in [1.82, 2.24) is 58.0 Å². The van der Waals surface area contributed by atoms with Crippen LogP contribution in [0.15, 0.2) is 78.9 Å². The van der Waals surface area contributed by atoms with Crippen LogP contribution in [-0.4, -0.2) is 339 Å². The van der Waals surface area contributed by atoms with Crippen molar-refractivity contribution in [3.63, 3.8) is 0 Å². The van der Waals surface area contributed by atoms with Crippen LogP contribution in [0, 0.1) is 11.3 Å². The lowest BCUT2D eigenvalue weighted by Crippen LogP contribution is -2.53. The van der Waals surface area contributed by atoms with Gasteiger partial charge in [-0.3, -0.25) is 77.0 Å². The van der Waals surface area contributed by atoms with E-state index in [0.29, 0.717) is 26.3 Å². The first kappa shape index (κ1) is 87.8. The Hall–Kier alpha value is -7.76. The van der Waals surface area contributed by atoms with Gasteiger partial charge in [-0.05, 0) is 13.8 Å². The lowest BCUT2D eigenvalue weighted by atomic mass is 9.87. The van der Waals surface area contributed by atoms with Crippen LogP contribution in [0.1, 0.15) is 66.1 Å². The first-order valence-electron chi connectivity index (χ1n) is 34.3. The number of thioether (sulfide) groups is 1. The first-order valence-corrected chi connectivity index (χ1v) is 35.5. The van der Waals surface area contributed by atoms with E-state index >= 15 is 0 Å². The second-order valence-electron chi connectivity index (χ2n) is 26.6. The zero-order chi connectivity index (χ0) is 80.9. The molecule has 0 aliphatic carbocycles. The summed E-state index contributed by atoms with van der Waals surface area (Å²) in [4.78, 5) is 135. The van der Waals surface area contributed by atoms with E-state index in [9.17, 15) is 114 Å². The van der Waals surface area contributed by atoms with Crippen LogP contribution >= 0.6 is 11.8 Å². The minimum absolute atomic E-state index is 0.0304. The third-order valence-electron chi connectivity index (χ3n) is 18.7. The van der Waals surface area contributed by atoms with Crippen molar-refractivity contribution in [2.24, 2.45) is 0 Å². The SMILES string of the molecule is C[C@@H](O)Cn1cc([C@@H]2O[C@H](CO)[C@@H](O)[C@H]2O)c(=O)[nH]c1=O.C[C@H](O)Cn1cc([C@@H]2O[C@H](CO)[C@@H](O)[C@H]2O)c(=O)[nH]c1=O.N#CCn1cc([C@@H]2O[C@H](CO)[C@@H](O)[C@H]2O)c(=O)[nH]c1=O.O=c1[nH]c(=O)n(CN2CCOCC2)cc1[C@@H]1O[C@H](CO)[C@@H](O)[C@H]1O.O=c1[nH]cc([C@]2(CN3CCSCC3)O[C@H](CO)[C@@H](O)[C@H]2O)c(=O)[nH]1. The number of ether oxygens (including phenoxy) is 6. The fraction of sp³-hybridized carbons (Fsp3) is 0.667. The lowest BCUT2D eigenvalue weighted by molar-refractivity contribution is -0.113. The zero-order valence-corrected chi connectivity index (χ0v) is 59.7. The monoisotopic (exact) mass is 1590 g/mol. The van der Waals surface area contributed by atoms with Crippen LogP contribution < -0.4 is 56.2 Å². The molecule has 0 saturated carbocycles. The number of H-pyrrole nitrogens is 6. The average Bonchev–Trinajstić information content (AvgIpc) is 1.59. The second kappa shape index (κ2) is 39.1. The summed E-state index contributed by atoms with van der Waals surface area (Å²) < 4.78 is 36.5. The van der Waals surface area contributed by atoms with E-state index in [2.05, 4.69) is 24.9 Å². The molecule has 0 bridgehead atoms. The molecule has 5 aromatic heterocycles. The van der Waals surface area contributed by atoms with Crippen molar-refractivity contribution >= 4 is 11.8 Å². The largest absolute Gasteiger partial charge is 0.394 e. The van der Waals surface area contributed by atoms with E-state index in [1.807, 2.05) is 26.5 Å². The van der Waals surface area contributed by atoms with Gasteiger partial charge in [-0.1, -0.05) is 0 Å². The van der Waals surface area contributed by atoms with Crippen LogP contribution in [0.2, 0.25) is 0 Å². The molecule has 7 saturated heterocycles. The fourth-order valence-electron chi connectivity index (χ4n) is 12.9. The molecule has 7 aliphatic heterocycles. The maximum atomic E-state index is 12.3. The van der Waals surface area contributed by atoms with Crippen LogP contribution in [0.5, 0.6) is 0 Å². The minimum Gasteiger partial charge on any atom is -0.394 e. The van der Waals surface area contributed by atoms with Crippen LogP contribution in [-0.2, 0) is 60.3 Å². The molecule has 0 amide bonds. The third kappa shape index (κ3) is 20.4. The van der Waals surface area contributed by atoms with Gasteiger partial charge in [0.05, 0.1) is 112 Å². The van der Waals surface area contributed by atoms with Gasteiger partial charge in [0.1, 0.15) is 128 Å². The Kier molecular flexibility index (Phi) is 31.2. The highest BCUT2D eigenvalue weighted by Gasteiger charge is 2.57. The molecule has 7 fully saturated rings. The van der Waals surface area contributed by atoms with Crippen molar-refractivity contribution in [3.8, 4) is 6.07 Å². The van der Waals surface area contributed by atoms with Crippen LogP contribution in [0.25, 0.3) is 0 Å². The first-order chi connectivity index (χ1) is 52.2. The molecule has 22 atom stereocenters. The molecule has 0 radical (unpaired) electrons. The Labute approximate surface area is 621 Å². The van der Waals surface area contributed by atoms with Crippen molar-refractivity contribution in [2.75, 3.05) is 90.5 Å². The maximum absolute atomic E-state index is 12.3. The number of morpholine rings is 1. The van der Waals surface area contributed by atoms with Crippen molar-refractivity contribution in [3.05, 3.63) is 163 Å². The number of aromatic nitrogens is 10. The molecular formula is C63H91N13O33S. The van der Waals surface area contributed by atoms with Crippen molar-refractivity contribution < 1.29 is 115 Å². The number of nitriles is 1. The van der Waals surface area contributed by atoms with Gasteiger partial charge in [-0.15, -0.1) is 0 Å². The molecule has 0 aromatic carbocycles. The van der Waals surface area contributed by atoms with Crippen LogP contribution in [0.4, 0.5) is 0 Å². The molecule has 12 rings (SSSR count). The number of hydrogen-bond acceptors (Lipinski definition) is 37. The van der Waals surface area contributed by atoms with E-state index in [1.54, 1.807) is 6.07 Å². The van der Waals surface area contributed by atoms with E-state index in [0.717, 1.165) is 44.5 Å². The molecule has 110 heavy (non-hydrogen) atoms. The summed E-state index contributed by atoms with van der Waals surface area (Å²) in [5.74, 6) is 1.83. The van der Waals surface area contributed by atoms with Gasteiger partial charge in [0, 0.05) is 75.2 Å². The Balaban J connectivity index is 0.000000173. The molecule has 46 nitrogen and oxygen atoms in total. The lowest BCUT2D eigenvalue weighted by Gasteiger charge is -2.38. The van der Waals surface area contributed by atoms with Gasteiger partial charge in [0.2, 0.25) is 0 Å². The summed E-state index contributed by atoms with van der Waals surface area (Å²) in [6, 6.07) is 1.75. The molecule has 12 heterocycles. The molecule has 23 N–H and O–H groups in total. The number of aliphatic hydroxyl groups excluding tert-OH is 17. The quantitative estimate of drug-likeness (QED) is 0.0365. The van der Waals surface area contributed by atoms with Gasteiger partial charge in [-0.25, -0.2) is 24.0 Å². The number of nitrogens with zero attached hydrogens (tertiary/aromatic N) is 7. The molecule has 612 valence electrons. The maximum Gasteiger partial charge on any atom is 0.329 e. The molecule has 47 heteroatoms. The Morgan fingerprint density at radius 2 is 0.827 bits per heavy atom. The smallest absolute Gasteiger partial charge is 0.329 e. The topological polar surface area (TPSA) is 715 Å². The van der Waals surface area contributed by atoms with Gasteiger partial charge < -0.3 is 120 Å². The highest BCUT2D eigenvalue weighted by Crippen LogP contribution is 2.40. The summed E-state index contributed by atoms with van der Waals surface area (Å²) in [6.45, 7) is 4.47. The second-order valence-corrected chi connectivity index (χ2v) is 27.8. The number of aromatic amines is 6. The van der Waals surface area contributed by atoms with E-state index < -0.39 is 223 Å². The summed E-state index contributed by atoms with van der Waals surface area (Å²) in [6.07, 6.45) is -19.0. The number of hydrogen-bond donors (Lipinski definition) is 23. The average molecular weight is 1590 g/mol. The summed E-state index contributed by atoms with van der Waals surface area (Å²) >= 11 is 1.81. The van der Waals surface area contributed by atoms with Gasteiger partial charge >= 0.3 is 28.4 Å². The zero-order valence-electron chi connectivity index (χ0n) is 58.9. The van der Waals surface area contributed by atoms with Gasteiger partial charge in [0.25, 0.3) is 27.8 Å². The predicted molar refractivity (Wildman–Crippen MR) is 371 cm³/mol. The highest BCUT2D eigenvalue weighted by molar-refractivity contribution is 7.99. The van der Waals surface area contributed by atoms with Crippen molar-refractivity contribution in [2.45, 2.75) is 174 Å². The minimum atomic E-state index is -1.52. The number of aliphatic hydroxyl groups is 17. The fourth-order valence-corrected chi connectivity index (χ4v) is 13.9.